The van der Waals surface area contributed by atoms with Crippen LogP contribution in [0.3, 0.4) is 0 Å². The first kappa shape index (κ1) is 9.65. The highest BCUT2D eigenvalue weighted by Gasteiger charge is 2.04. The Morgan fingerprint density at radius 3 is 2.60 bits per heavy atom. The van der Waals surface area contributed by atoms with E-state index in [2.05, 4.69) is 4.98 Å². The summed E-state index contributed by atoms with van der Waals surface area (Å²) in [7, 11) is 0. The average Bonchev–Trinajstić information content (AvgIpc) is 2.20. The van der Waals surface area contributed by atoms with Crippen molar-refractivity contribution in [2.45, 2.75) is 6.92 Å². The summed E-state index contributed by atoms with van der Waals surface area (Å²) in [6.07, 6.45) is 1.51. The molecule has 0 saturated heterocycles. The molecule has 0 aliphatic carbocycles. The van der Waals surface area contributed by atoms with Gasteiger partial charge in [0.05, 0.1) is 0 Å². The predicted molar refractivity (Wildman–Crippen MR) is 57.2 cm³/mol. The van der Waals surface area contributed by atoms with E-state index < -0.39 is 0 Å². The Kier molecular flexibility index (Phi) is 2.37. The molecule has 1 aromatic heterocycles. The lowest BCUT2D eigenvalue weighted by molar-refractivity contribution is 0.630. The van der Waals surface area contributed by atoms with Crippen molar-refractivity contribution in [3.05, 3.63) is 58.3 Å². The number of hydrogen-bond donors (Lipinski definition) is 1. The van der Waals surface area contributed by atoms with Gasteiger partial charge in [-0.1, -0.05) is 12.1 Å². The molecule has 1 aromatic carbocycles. The van der Waals surface area contributed by atoms with Gasteiger partial charge in [0.25, 0.3) is 0 Å². The van der Waals surface area contributed by atoms with E-state index in [4.69, 9.17) is 0 Å². The molecule has 76 valence electrons. The van der Waals surface area contributed by atoms with Crippen molar-refractivity contribution in [3.63, 3.8) is 0 Å². The van der Waals surface area contributed by atoms with Crippen LogP contribution in [0, 0.1) is 12.7 Å². The fraction of sp³-hybridized carbons (Fsp3) is 0.0833. The summed E-state index contributed by atoms with van der Waals surface area (Å²) in [5.74, 6) is -0.276. The van der Waals surface area contributed by atoms with Crippen molar-refractivity contribution in [1.82, 2.24) is 4.98 Å². The second kappa shape index (κ2) is 3.69. The van der Waals surface area contributed by atoms with Gasteiger partial charge in [0.1, 0.15) is 5.82 Å². The monoisotopic (exact) mass is 203 g/mol. The Morgan fingerprint density at radius 1 is 1.20 bits per heavy atom. The van der Waals surface area contributed by atoms with E-state index in [1.54, 1.807) is 12.1 Å². The third kappa shape index (κ3) is 1.96. The normalized spacial score (nSPS) is 10.3. The van der Waals surface area contributed by atoms with E-state index in [0.29, 0.717) is 11.1 Å². The van der Waals surface area contributed by atoms with Gasteiger partial charge in [-0.25, -0.2) is 4.39 Å². The number of hydrogen-bond acceptors (Lipinski definition) is 1. The molecule has 15 heavy (non-hydrogen) atoms. The van der Waals surface area contributed by atoms with Crippen LogP contribution in [-0.2, 0) is 0 Å². The molecule has 2 aromatic rings. The van der Waals surface area contributed by atoms with Crippen molar-refractivity contribution in [1.29, 1.82) is 0 Å². The van der Waals surface area contributed by atoms with Crippen LogP contribution in [-0.4, -0.2) is 4.98 Å². The van der Waals surface area contributed by atoms with E-state index in [0.717, 1.165) is 5.56 Å². The van der Waals surface area contributed by atoms with Crippen molar-refractivity contribution >= 4 is 0 Å². The smallest absolute Gasteiger partial charge is 0.247 e. The van der Waals surface area contributed by atoms with E-state index in [1.807, 2.05) is 13.0 Å². The first-order valence-corrected chi connectivity index (χ1v) is 4.62. The molecule has 2 nitrogen and oxygen atoms in total. The zero-order valence-electron chi connectivity index (χ0n) is 8.25. The minimum atomic E-state index is -0.276. The van der Waals surface area contributed by atoms with Crippen LogP contribution >= 0.6 is 0 Å². The quantitative estimate of drug-likeness (QED) is 0.758. The lowest BCUT2D eigenvalue weighted by atomic mass is 10.1. The fourth-order valence-corrected chi connectivity index (χ4v) is 1.43. The summed E-state index contributed by atoms with van der Waals surface area (Å²) < 4.78 is 13.5. The number of benzene rings is 1. The zero-order valence-corrected chi connectivity index (χ0v) is 8.25. The molecule has 0 unspecified atom stereocenters. The van der Waals surface area contributed by atoms with E-state index in [9.17, 15) is 9.18 Å². The van der Waals surface area contributed by atoms with Crippen molar-refractivity contribution in [3.8, 4) is 11.1 Å². The predicted octanol–water partition coefficient (Wildman–Crippen LogP) is 2.49. The fourth-order valence-electron chi connectivity index (χ4n) is 1.43. The Bertz CT molecular complexity index is 525. The third-order valence-corrected chi connectivity index (χ3v) is 2.22. The van der Waals surface area contributed by atoms with E-state index in [-0.39, 0.29) is 11.4 Å². The maximum absolute atomic E-state index is 13.5. The van der Waals surface area contributed by atoms with Gasteiger partial charge in [-0.15, -0.1) is 0 Å². The molecule has 3 heteroatoms. The van der Waals surface area contributed by atoms with Crippen molar-refractivity contribution < 1.29 is 4.39 Å². The second-order valence-electron chi connectivity index (χ2n) is 3.42. The van der Waals surface area contributed by atoms with Gasteiger partial charge in [0.2, 0.25) is 5.56 Å². The molecule has 0 saturated carbocycles. The topological polar surface area (TPSA) is 32.9 Å². The molecule has 0 atom stereocenters. The number of H-pyrrole nitrogens is 1. The van der Waals surface area contributed by atoms with Gasteiger partial charge in [0, 0.05) is 23.4 Å². The number of aromatic nitrogens is 1. The number of nitrogens with one attached hydrogen (secondary N) is 1. The van der Waals surface area contributed by atoms with Crippen LogP contribution in [0.4, 0.5) is 4.39 Å². The maximum atomic E-state index is 13.5. The first-order valence-electron chi connectivity index (χ1n) is 4.62. The summed E-state index contributed by atoms with van der Waals surface area (Å²) in [6.45, 7) is 1.83. The Hall–Kier alpha value is -1.90. The molecular formula is C12H10FNO. The molecule has 0 fully saturated rings. The highest BCUT2D eigenvalue weighted by Crippen LogP contribution is 2.21. The lowest BCUT2D eigenvalue weighted by Crippen LogP contribution is -2.01. The summed E-state index contributed by atoms with van der Waals surface area (Å²) in [6, 6.07) is 8.00. The van der Waals surface area contributed by atoms with Crippen LogP contribution in [0.5, 0.6) is 0 Å². The number of aryl methyl sites for hydroxylation is 1. The molecule has 0 bridgehead atoms. The number of pyridine rings is 1. The molecule has 2 rings (SSSR count). The minimum Gasteiger partial charge on any atom is -0.328 e. The van der Waals surface area contributed by atoms with Gasteiger partial charge in [-0.3, -0.25) is 4.79 Å². The van der Waals surface area contributed by atoms with Crippen LogP contribution < -0.4 is 5.56 Å². The summed E-state index contributed by atoms with van der Waals surface area (Å²) in [5, 5.41) is 0. The zero-order chi connectivity index (χ0) is 10.8. The molecule has 0 amide bonds. The number of aromatic amines is 1. The van der Waals surface area contributed by atoms with Crippen LogP contribution in [0.1, 0.15) is 5.56 Å². The molecule has 1 heterocycles. The maximum Gasteiger partial charge on any atom is 0.247 e. The third-order valence-electron chi connectivity index (χ3n) is 2.22. The van der Waals surface area contributed by atoms with Gasteiger partial charge >= 0.3 is 0 Å². The molecule has 0 aliphatic rings. The first-order chi connectivity index (χ1) is 7.16. The number of rotatable bonds is 1. The molecule has 0 radical (unpaired) electrons. The van der Waals surface area contributed by atoms with Crippen molar-refractivity contribution in [2.24, 2.45) is 0 Å². The van der Waals surface area contributed by atoms with Crippen LogP contribution in [0.25, 0.3) is 11.1 Å². The Labute approximate surface area is 86.4 Å². The highest BCUT2D eigenvalue weighted by molar-refractivity contribution is 5.63. The largest absolute Gasteiger partial charge is 0.328 e. The van der Waals surface area contributed by atoms with Gasteiger partial charge in [-0.2, -0.15) is 0 Å². The van der Waals surface area contributed by atoms with E-state index in [1.165, 1.54) is 18.3 Å². The second-order valence-corrected chi connectivity index (χ2v) is 3.42. The van der Waals surface area contributed by atoms with Gasteiger partial charge < -0.3 is 4.98 Å². The Balaban J connectivity index is 2.54. The lowest BCUT2D eigenvalue weighted by Gasteiger charge is -2.03. The van der Waals surface area contributed by atoms with Gasteiger partial charge in [0.15, 0.2) is 0 Å². The summed E-state index contributed by atoms with van der Waals surface area (Å²) in [4.78, 5) is 13.4. The SMILES string of the molecule is Cc1ccc(-c2ccc(=O)[nH]c2)c(F)c1. The van der Waals surface area contributed by atoms with E-state index >= 15 is 0 Å². The standard InChI is InChI=1S/C12H10FNO/c1-8-2-4-10(11(13)6-8)9-3-5-12(15)14-7-9/h2-7H,1H3,(H,14,15). The van der Waals surface area contributed by atoms with Crippen molar-refractivity contribution in [2.75, 3.05) is 0 Å². The highest BCUT2D eigenvalue weighted by atomic mass is 19.1. The molecule has 1 N–H and O–H groups in total. The van der Waals surface area contributed by atoms with Crippen LogP contribution in [0.15, 0.2) is 41.3 Å². The molecule has 0 aliphatic heterocycles. The van der Waals surface area contributed by atoms with Crippen LogP contribution in [0.2, 0.25) is 0 Å². The van der Waals surface area contributed by atoms with Gasteiger partial charge in [-0.05, 0) is 24.6 Å². The molecule has 0 spiro atoms. The molecular weight excluding hydrogens is 193 g/mol. The summed E-state index contributed by atoms with van der Waals surface area (Å²) >= 11 is 0. The number of halogens is 1. The summed E-state index contributed by atoms with van der Waals surface area (Å²) in [5.41, 5.74) is 1.86. The average molecular weight is 203 g/mol. The minimum absolute atomic E-state index is 0.189. The Morgan fingerprint density at radius 2 is 2.00 bits per heavy atom.